The van der Waals surface area contributed by atoms with Gasteiger partial charge in [-0.1, -0.05) is 48.8 Å². The van der Waals surface area contributed by atoms with Gasteiger partial charge in [-0.2, -0.15) is 0 Å². The molecule has 1 aromatic heterocycles. The van der Waals surface area contributed by atoms with Crippen LogP contribution < -0.4 is 4.90 Å². The van der Waals surface area contributed by atoms with Gasteiger partial charge < -0.3 is 9.42 Å². The summed E-state index contributed by atoms with van der Waals surface area (Å²) >= 11 is 0. The number of hydrogen-bond acceptors (Lipinski definition) is 3. The van der Waals surface area contributed by atoms with Gasteiger partial charge in [0.2, 0.25) is 0 Å². The van der Waals surface area contributed by atoms with Crippen LogP contribution in [0.5, 0.6) is 0 Å². The molecule has 1 aromatic carbocycles. The molecule has 1 fully saturated rings. The van der Waals surface area contributed by atoms with Crippen molar-refractivity contribution in [2.24, 2.45) is 0 Å². The second-order valence-electron chi connectivity index (χ2n) is 5.82. The number of rotatable bonds is 5. The van der Waals surface area contributed by atoms with Crippen molar-refractivity contribution in [1.82, 2.24) is 5.16 Å². The Kier molecular flexibility index (Phi) is 4.59. The minimum absolute atomic E-state index is 0.974. The lowest BCUT2D eigenvalue weighted by Crippen LogP contribution is -2.30. The predicted octanol–water partition coefficient (Wildman–Crippen LogP) is 4.67. The lowest BCUT2D eigenvalue weighted by Gasteiger charge is -2.27. The van der Waals surface area contributed by atoms with Crippen LogP contribution in [0.15, 0.2) is 34.9 Å². The molecule has 0 saturated carbocycles. The predicted molar refractivity (Wildman–Crippen MR) is 86.6 cm³/mol. The fourth-order valence-corrected chi connectivity index (χ4v) is 3.04. The number of aryl methyl sites for hydroxylation is 1. The van der Waals surface area contributed by atoms with Crippen LogP contribution in [0.1, 0.15) is 44.8 Å². The first kappa shape index (κ1) is 14.2. The molecule has 0 aliphatic carbocycles. The molecule has 21 heavy (non-hydrogen) atoms. The maximum Gasteiger partial charge on any atom is 0.180 e. The highest BCUT2D eigenvalue weighted by Gasteiger charge is 2.23. The van der Waals surface area contributed by atoms with Crippen LogP contribution in [-0.4, -0.2) is 18.2 Å². The molecular formula is C18H24N2O. The summed E-state index contributed by atoms with van der Waals surface area (Å²) in [5.74, 6) is 2.09. The Morgan fingerprint density at radius 2 is 1.86 bits per heavy atom. The topological polar surface area (TPSA) is 29.3 Å². The number of aromatic nitrogens is 1. The molecule has 3 heteroatoms. The van der Waals surface area contributed by atoms with Gasteiger partial charge in [0, 0.05) is 19.5 Å². The highest BCUT2D eigenvalue weighted by molar-refractivity contribution is 5.77. The quantitative estimate of drug-likeness (QED) is 0.798. The van der Waals surface area contributed by atoms with Crippen molar-refractivity contribution in [3.63, 3.8) is 0 Å². The Hall–Kier alpha value is -1.77. The molecule has 1 aliphatic rings. The largest absolute Gasteiger partial charge is 0.359 e. The van der Waals surface area contributed by atoms with Crippen LogP contribution in [0.3, 0.4) is 0 Å². The van der Waals surface area contributed by atoms with E-state index in [1.54, 1.807) is 0 Å². The van der Waals surface area contributed by atoms with Gasteiger partial charge in [0.25, 0.3) is 0 Å². The van der Waals surface area contributed by atoms with Crippen molar-refractivity contribution in [3.05, 3.63) is 36.1 Å². The average molecular weight is 284 g/mol. The van der Waals surface area contributed by atoms with Gasteiger partial charge in [-0.05, 0) is 31.2 Å². The van der Waals surface area contributed by atoms with Crippen molar-refractivity contribution < 1.29 is 4.52 Å². The summed E-state index contributed by atoms with van der Waals surface area (Å²) in [6.45, 7) is 4.41. The fourth-order valence-electron chi connectivity index (χ4n) is 3.04. The van der Waals surface area contributed by atoms with E-state index in [4.69, 9.17) is 4.52 Å². The van der Waals surface area contributed by atoms with E-state index < -0.39 is 0 Å². The van der Waals surface area contributed by atoms with E-state index in [9.17, 15) is 0 Å². The molecular weight excluding hydrogens is 260 g/mol. The Labute approximate surface area is 126 Å². The number of benzene rings is 1. The monoisotopic (exact) mass is 284 g/mol. The highest BCUT2D eigenvalue weighted by Crippen LogP contribution is 2.35. The number of piperidine rings is 1. The molecule has 0 radical (unpaired) electrons. The first-order valence-electron chi connectivity index (χ1n) is 8.19. The lowest BCUT2D eigenvalue weighted by atomic mass is 10.0. The van der Waals surface area contributed by atoms with E-state index in [1.807, 2.05) is 0 Å². The van der Waals surface area contributed by atoms with Crippen molar-refractivity contribution in [3.8, 4) is 11.1 Å². The van der Waals surface area contributed by atoms with Crippen molar-refractivity contribution in [1.29, 1.82) is 0 Å². The van der Waals surface area contributed by atoms with Crippen molar-refractivity contribution in [2.75, 3.05) is 18.0 Å². The van der Waals surface area contributed by atoms with E-state index >= 15 is 0 Å². The minimum Gasteiger partial charge on any atom is -0.359 e. The fraction of sp³-hybridized carbons (Fsp3) is 0.500. The number of anilines is 1. The van der Waals surface area contributed by atoms with E-state index in [0.29, 0.717) is 0 Å². The SMILES string of the molecule is CCCCc1onc(N2CCCCC2)c1-c1ccccc1. The second-order valence-corrected chi connectivity index (χ2v) is 5.82. The number of nitrogens with zero attached hydrogens (tertiary/aromatic N) is 2. The second kappa shape index (κ2) is 6.79. The maximum atomic E-state index is 5.71. The van der Waals surface area contributed by atoms with E-state index in [-0.39, 0.29) is 0 Å². The Balaban J connectivity index is 1.97. The smallest absolute Gasteiger partial charge is 0.180 e. The molecule has 1 saturated heterocycles. The molecule has 0 atom stereocenters. The van der Waals surface area contributed by atoms with Gasteiger partial charge >= 0.3 is 0 Å². The number of unbranched alkanes of at least 4 members (excludes halogenated alkanes) is 1. The Morgan fingerprint density at radius 1 is 1.10 bits per heavy atom. The number of hydrogen-bond donors (Lipinski definition) is 0. The molecule has 2 heterocycles. The zero-order valence-electron chi connectivity index (χ0n) is 12.8. The molecule has 3 rings (SSSR count). The summed E-state index contributed by atoms with van der Waals surface area (Å²) in [7, 11) is 0. The first-order chi connectivity index (χ1) is 10.4. The summed E-state index contributed by atoms with van der Waals surface area (Å²) in [6.07, 6.45) is 7.14. The maximum absolute atomic E-state index is 5.71. The molecule has 0 amide bonds. The molecule has 1 aliphatic heterocycles. The zero-order valence-corrected chi connectivity index (χ0v) is 12.8. The summed E-state index contributed by atoms with van der Waals surface area (Å²) < 4.78 is 5.71. The molecule has 2 aromatic rings. The molecule has 3 nitrogen and oxygen atoms in total. The van der Waals surface area contributed by atoms with Gasteiger partial charge in [-0.15, -0.1) is 0 Å². The van der Waals surface area contributed by atoms with Gasteiger partial charge in [-0.25, -0.2) is 0 Å². The summed E-state index contributed by atoms with van der Waals surface area (Å²) in [5.41, 5.74) is 2.44. The van der Waals surface area contributed by atoms with E-state index in [2.05, 4.69) is 47.3 Å². The van der Waals surface area contributed by atoms with Crippen LogP contribution in [0.25, 0.3) is 11.1 Å². The minimum atomic E-state index is 0.974. The molecule has 0 N–H and O–H groups in total. The normalized spacial score (nSPS) is 15.4. The average Bonchev–Trinajstić information content (AvgIpc) is 2.98. The van der Waals surface area contributed by atoms with Crippen molar-refractivity contribution >= 4 is 5.82 Å². The van der Waals surface area contributed by atoms with Gasteiger partial charge in [0.1, 0.15) is 5.76 Å². The third kappa shape index (κ3) is 3.12. The van der Waals surface area contributed by atoms with Crippen LogP contribution in [0.2, 0.25) is 0 Å². The first-order valence-corrected chi connectivity index (χ1v) is 8.19. The van der Waals surface area contributed by atoms with Gasteiger partial charge in [-0.3, -0.25) is 0 Å². The summed E-state index contributed by atoms with van der Waals surface area (Å²) in [5, 5.41) is 4.42. The Bertz CT molecular complexity index is 556. The van der Waals surface area contributed by atoms with E-state index in [0.717, 1.165) is 37.5 Å². The van der Waals surface area contributed by atoms with Crippen LogP contribution in [0.4, 0.5) is 5.82 Å². The van der Waals surface area contributed by atoms with Gasteiger partial charge in [0.05, 0.1) is 5.56 Å². The lowest BCUT2D eigenvalue weighted by molar-refractivity contribution is 0.379. The van der Waals surface area contributed by atoms with Gasteiger partial charge in [0.15, 0.2) is 5.82 Å². The van der Waals surface area contributed by atoms with Crippen LogP contribution in [0, 0.1) is 0 Å². The third-order valence-electron chi connectivity index (χ3n) is 4.22. The van der Waals surface area contributed by atoms with Crippen molar-refractivity contribution in [2.45, 2.75) is 45.4 Å². The van der Waals surface area contributed by atoms with Crippen LogP contribution in [-0.2, 0) is 6.42 Å². The highest BCUT2D eigenvalue weighted by atomic mass is 16.5. The molecule has 0 spiro atoms. The summed E-state index contributed by atoms with van der Waals surface area (Å²) in [6, 6.07) is 10.6. The Morgan fingerprint density at radius 3 is 2.57 bits per heavy atom. The summed E-state index contributed by atoms with van der Waals surface area (Å²) in [4.78, 5) is 2.39. The molecule has 0 bridgehead atoms. The van der Waals surface area contributed by atoms with E-state index in [1.165, 1.54) is 36.8 Å². The zero-order chi connectivity index (χ0) is 14.5. The molecule has 0 unspecified atom stereocenters. The standard InChI is InChI=1S/C18H24N2O/c1-2-3-12-16-17(15-10-6-4-7-11-15)18(19-21-16)20-13-8-5-9-14-20/h4,6-7,10-11H,2-3,5,8-9,12-14H2,1H3. The van der Waals surface area contributed by atoms with Crippen LogP contribution >= 0.6 is 0 Å². The third-order valence-corrected chi connectivity index (χ3v) is 4.22. The molecule has 112 valence electrons.